The van der Waals surface area contributed by atoms with Gasteiger partial charge in [0, 0.05) is 19.3 Å². The summed E-state index contributed by atoms with van der Waals surface area (Å²) in [6.07, 6.45) is 2.99. The van der Waals surface area contributed by atoms with Gasteiger partial charge in [0.25, 0.3) is 5.91 Å². The number of ether oxygens (including phenoxy) is 2. The Balaban J connectivity index is 1.93. The molecule has 0 radical (unpaired) electrons. The maximum absolute atomic E-state index is 12.4. The number of hydrogen-bond donors (Lipinski definition) is 0. The number of esters is 1. The van der Waals surface area contributed by atoms with E-state index in [9.17, 15) is 9.59 Å². The summed E-state index contributed by atoms with van der Waals surface area (Å²) in [4.78, 5) is 30.0. The predicted molar refractivity (Wildman–Crippen MR) is 75.7 cm³/mol. The summed E-state index contributed by atoms with van der Waals surface area (Å²) in [5.41, 5.74) is 0.353. The number of carbonyl (C=O) groups excluding carboxylic acids is 2. The van der Waals surface area contributed by atoms with Gasteiger partial charge in [0.15, 0.2) is 0 Å². The van der Waals surface area contributed by atoms with Crippen molar-refractivity contribution in [2.24, 2.45) is 0 Å². The predicted octanol–water partition coefficient (Wildman–Crippen LogP) is 1.27. The molecule has 2 rings (SSSR count). The quantitative estimate of drug-likeness (QED) is 0.583. The van der Waals surface area contributed by atoms with Gasteiger partial charge in [0.2, 0.25) is 0 Å². The van der Waals surface area contributed by atoms with E-state index in [0.29, 0.717) is 31.9 Å². The minimum Gasteiger partial charge on any atom is -0.462 e. The van der Waals surface area contributed by atoms with Crippen LogP contribution in [0.4, 0.5) is 0 Å². The van der Waals surface area contributed by atoms with E-state index >= 15 is 0 Å². The molecular weight excluding hydrogens is 272 g/mol. The highest BCUT2D eigenvalue weighted by Gasteiger charge is 2.35. The molecule has 0 unspecified atom stereocenters. The molecule has 2 heterocycles. The molecule has 1 atom stereocenters. The van der Waals surface area contributed by atoms with Gasteiger partial charge in [-0.1, -0.05) is 6.07 Å². The highest BCUT2D eigenvalue weighted by atomic mass is 16.6. The van der Waals surface area contributed by atoms with Crippen LogP contribution in [0.3, 0.4) is 0 Å². The first-order chi connectivity index (χ1) is 10.2. The molecule has 114 valence electrons. The molecule has 6 heteroatoms. The minimum atomic E-state index is -0.513. The Kier molecular flexibility index (Phi) is 5.68. The maximum Gasteiger partial charge on any atom is 0.328 e. The molecule has 0 saturated carbocycles. The molecule has 1 amide bonds. The van der Waals surface area contributed by atoms with Gasteiger partial charge in [-0.05, 0) is 31.9 Å². The second-order valence-electron chi connectivity index (χ2n) is 4.74. The monoisotopic (exact) mass is 292 g/mol. The van der Waals surface area contributed by atoms with Gasteiger partial charge in [0.1, 0.15) is 18.3 Å². The second kappa shape index (κ2) is 7.73. The number of amides is 1. The van der Waals surface area contributed by atoms with Crippen LogP contribution in [0.15, 0.2) is 24.4 Å². The number of hydrogen-bond acceptors (Lipinski definition) is 5. The molecule has 1 aliphatic rings. The average Bonchev–Trinajstić information content (AvgIpc) is 3.01. The first-order valence-electron chi connectivity index (χ1n) is 7.20. The summed E-state index contributed by atoms with van der Waals surface area (Å²) in [6, 6.07) is 4.64. The summed E-state index contributed by atoms with van der Waals surface area (Å²) in [5, 5.41) is 0. The van der Waals surface area contributed by atoms with Gasteiger partial charge < -0.3 is 14.4 Å². The van der Waals surface area contributed by atoms with Crippen molar-refractivity contribution >= 4 is 11.9 Å². The maximum atomic E-state index is 12.4. The van der Waals surface area contributed by atoms with Crippen LogP contribution in [0.1, 0.15) is 30.3 Å². The van der Waals surface area contributed by atoms with E-state index in [1.165, 1.54) is 0 Å². The normalized spacial score (nSPS) is 17.8. The lowest BCUT2D eigenvalue weighted by molar-refractivity contribution is -0.149. The molecule has 0 aromatic carbocycles. The molecule has 1 fully saturated rings. The molecule has 0 spiro atoms. The Labute approximate surface area is 124 Å². The molecule has 0 aliphatic carbocycles. The Morgan fingerprint density at radius 3 is 2.95 bits per heavy atom. The fraction of sp³-hybridized carbons (Fsp3) is 0.533. The first kappa shape index (κ1) is 15.4. The van der Waals surface area contributed by atoms with Crippen molar-refractivity contribution in [2.45, 2.75) is 25.8 Å². The molecule has 0 N–H and O–H groups in total. The lowest BCUT2D eigenvalue weighted by Gasteiger charge is -2.22. The standard InChI is InChI=1S/C15H20N2O4/c1-2-20-10-11-21-15(19)13-7-5-9-17(13)14(18)12-6-3-4-8-16-12/h3-4,6,8,13H,2,5,7,9-11H2,1H3/t13-/m0/s1. The molecule has 0 bridgehead atoms. The fourth-order valence-corrected chi connectivity index (χ4v) is 2.33. The molecule has 21 heavy (non-hydrogen) atoms. The summed E-state index contributed by atoms with van der Waals surface area (Å²) < 4.78 is 10.3. The van der Waals surface area contributed by atoms with Crippen LogP contribution in [0, 0.1) is 0 Å². The highest BCUT2D eigenvalue weighted by molar-refractivity contribution is 5.95. The minimum absolute atomic E-state index is 0.217. The van der Waals surface area contributed by atoms with Crippen LogP contribution in [0.25, 0.3) is 0 Å². The zero-order valence-corrected chi connectivity index (χ0v) is 12.2. The van der Waals surface area contributed by atoms with Crippen molar-refractivity contribution in [3.8, 4) is 0 Å². The first-order valence-corrected chi connectivity index (χ1v) is 7.20. The lowest BCUT2D eigenvalue weighted by Crippen LogP contribution is -2.42. The topological polar surface area (TPSA) is 68.7 Å². The third-order valence-electron chi connectivity index (χ3n) is 3.35. The van der Waals surface area contributed by atoms with E-state index in [-0.39, 0.29) is 18.5 Å². The van der Waals surface area contributed by atoms with Crippen LogP contribution < -0.4 is 0 Å². The van der Waals surface area contributed by atoms with Gasteiger partial charge in [-0.2, -0.15) is 0 Å². The van der Waals surface area contributed by atoms with Crippen LogP contribution in [0.2, 0.25) is 0 Å². The molecule has 1 aliphatic heterocycles. The number of likely N-dealkylation sites (tertiary alicyclic amines) is 1. The van der Waals surface area contributed by atoms with Gasteiger partial charge in [-0.3, -0.25) is 9.78 Å². The van der Waals surface area contributed by atoms with Gasteiger partial charge >= 0.3 is 5.97 Å². The van der Waals surface area contributed by atoms with Gasteiger partial charge in [-0.15, -0.1) is 0 Å². The van der Waals surface area contributed by atoms with E-state index < -0.39 is 6.04 Å². The molecule has 1 aromatic rings. The van der Waals surface area contributed by atoms with Crippen LogP contribution in [-0.4, -0.2) is 54.2 Å². The highest BCUT2D eigenvalue weighted by Crippen LogP contribution is 2.20. The summed E-state index contributed by atoms with van der Waals surface area (Å²) >= 11 is 0. The van der Waals surface area contributed by atoms with E-state index in [4.69, 9.17) is 9.47 Å². The number of nitrogens with zero attached hydrogens (tertiary/aromatic N) is 2. The largest absolute Gasteiger partial charge is 0.462 e. The number of aromatic nitrogens is 1. The second-order valence-corrected chi connectivity index (χ2v) is 4.74. The van der Waals surface area contributed by atoms with Crippen molar-refractivity contribution in [1.82, 2.24) is 9.88 Å². The third-order valence-corrected chi connectivity index (χ3v) is 3.35. The zero-order chi connectivity index (χ0) is 15.1. The number of carbonyl (C=O) groups is 2. The fourth-order valence-electron chi connectivity index (χ4n) is 2.33. The summed E-state index contributed by atoms with van der Waals surface area (Å²) in [7, 11) is 0. The Bertz CT molecular complexity index is 478. The Hall–Kier alpha value is -1.95. The van der Waals surface area contributed by atoms with Crippen molar-refractivity contribution < 1.29 is 19.1 Å². The SMILES string of the molecule is CCOCCOC(=O)[C@@H]1CCCN1C(=O)c1ccccn1. The smallest absolute Gasteiger partial charge is 0.328 e. The molecular formula is C15H20N2O4. The van der Waals surface area contributed by atoms with Crippen molar-refractivity contribution in [3.05, 3.63) is 30.1 Å². The van der Waals surface area contributed by atoms with Crippen molar-refractivity contribution in [1.29, 1.82) is 0 Å². The number of rotatable bonds is 6. The van der Waals surface area contributed by atoms with Crippen LogP contribution in [0.5, 0.6) is 0 Å². The van der Waals surface area contributed by atoms with E-state index in [0.717, 1.165) is 6.42 Å². The van der Waals surface area contributed by atoms with Crippen LogP contribution >= 0.6 is 0 Å². The third kappa shape index (κ3) is 4.01. The Morgan fingerprint density at radius 2 is 2.24 bits per heavy atom. The molecule has 1 aromatic heterocycles. The van der Waals surface area contributed by atoms with Crippen LogP contribution in [-0.2, 0) is 14.3 Å². The van der Waals surface area contributed by atoms with Gasteiger partial charge in [0.05, 0.1) is 6.61 Å². The lowest BCUT2D eigenvalue weighted by atomic mass is 10.2. The summed E-state index contributed by atoms with van der Waals surface area (Å²) in [6.45, 7) is 3.62. The van der Waals surface area contributed by atoms with E-state index in [1.807, 2.05) is 6.92 Å². The zero-order valence-electron chi connectivity index (χ0n) is 12.2. The summed E-state index contributed by atoms with van der Waals surface area (Å²) in [5.74, 6) is -0.587. The number of pyridine rings is 1. The van der Waals surface area contributed by atoms with E-state index in [1.54, 1.807) is 29.3 Å². The van der Waals surface area contributed by atoms with Crippen molar-refractivity contribution in [3.63, 3.8) is 0 Å². The molecule has 6 nitrogen and oxygen atoms in total. The molecule has 1 saturated heterocycles. The van der Waals surface area contributed by atoms with E-state index in [2.05, 4.69) is 4.98 Å². The van der Waals surface area contributed by atoms with Crippen molar-refractivity contribution in [2.75, 3.05) is 26.4 Å². The average molecular weight is 292 g/mol. The van der Waals surface area contributed by atoms with Gasteiger partial charge in [-0.25, -0.2) is 4.79 Å². The Morgan fingerprint density at radius 1 is 1.38 bits per heavy atom.